The molecular formula is C20H22FN3O3. The molecule has 1 heterocycles. The number of benzene rings is 2. The molecule has 27 heavy (non-hydrogen) atoms. The van der Waals surface area contributed by atoms with Crippen LogP contribution >= 0.6 is 0 Å². The number of nitrogens with zero attached hydrogens (tertiary/aromatic N) is 2. The molecule has 2 aromatic carbocycles. The molecule has 0 saturated carbocycles. The van der Waals surface area contributed by atoms with E-state index in [1.165, 1.54) is 12.1 Å². The van der Waals surface area contributed by atoms with Crippen molar-refractivity contribution < 1.29 is 19.1 Å². The molecule has 6 nitrogen and oxygen atoms in total. The first-order chi connectivity index (χ1) is 13.0. The Labute approximate surface area is 157 Å². The molecule has 2 aromatic rings. The van der Waals surface area contributed by atoms with Crippen molar-refractivity contribution in [2.75, 3.05) is 31.1 Å². The van der Waals surface area contributed by atoms with Gasteiger partial charge in [0.05, 0.1) is 12.5 Å². The summed E-state index contributed by atoms with van der Waals surface area (Å²) < 4.78 is 13.1. The molecule has 0 spiro atoms. The molecule has 1 aliphatic heterocycles. The molecule has 3 rings (SSSR count). The van der Waals surface area contributed by atoms with Crippen LogP contribution in [0.2, 0.25) is 0 Å². The topological polar surface area (TPSA) is 72.9 Å². The van der Waals surface area contributed by atoms with Gasteiger partial charge >= 0.3 is 6.09 Å². The molecule has 1 fully saturated rings. The van der Waals surface area contributed by atoms with E-state index in [-0.39, 0.29) is 18.1 Å². The van der Waals surface area contributed by atoms with Gasteiger partial charge in [0.1, 0.15) is 5.82 Å². The SMILES string of the molecule is O=C(O)NC(CC(=O)N1CCN(c2ccc(F)cc2)CC1)c1ccccc1. The third-order valence-corrected chi connectivity index (χ3v) is 4.70. The number of hydrogen-bond acceptors (Lipinski definition) is 3. The summed E-state index contributed by atoms with van der Waals surface area (Å²) in [5, 5.41) is 11.5. The van der Waals surface area contributed by atoms with Gasteiger partial charge in [0.15, 0.2) is 0 Å². The summed E-state index contributed by atoms with van der Waals surface area (Å²) in [6.07, 6.45) is -1.08. The second kappa shape index (κ2) is 8.53. The van der Waals surface area contributed by atoms with E-state index >= 15 is 0 Å². The molecule has 1 unspecified atom stereocenters. The van der Waals surface area contributed by atoms with Crippen molar-refractivity contribution >= 4 is 17.7 Å². The van der Waals surface area contributed by atoms with Crippen LogP contribution < -0.4 is 10.2 Å². The van der Waals surface area contributed by atoms with Crippen LogP contribution in [0.15, 0.2) is 54.6 Å². The van der Waals surface area contributed by atoms with E-state index in [2.05, 4.69) is 10.2 Å². The summed E-state index contributed by atoms with van der Waals surface area (Å²) in [4.78, 5) is 27.6. The Hall–Kier alpha value is -3.09. The van der Waals surface area contributed by atoms with E-state index in [0.717, 1.165) is 11.3 Å². The molecule has 0 aliphatic carbocycles. The maximum atomic E-state index is 13.1. The average molecular weight is 371 g/mol. The normalized spacial score (nSPS) is 15.3. The highest BCUT2D eigenvalue weighted by Crippen LogP contribution is 2.20. The zero-order valence-electron chi connectivity index (χ0n) is 14.8. The lowest BCUT2D eigenvalue weighted by Crippen LogP contribution is -2.49. The molecule has 0 bridgehead atoms. The monoisotopic (exact) mass is 371 g/mol. The number of nitrogens with one attached hydrogen (secondary N) is 1. The lowest BCUT2D eigenvalue weighted by Gasteiger charge is -2.36. The van der Waals surface area contributed by atoms with Crippen molar-refractivity contribution in [1.29, 1.82) is 0 Å². The molecule has 142 valence electrons. The van der Waals surface area contributed by atoms with Gasteiger partial charge in [-0.2, -0.15) is 0 Å². The summed E-state index contributed by atoms with van der Waals surface area (Å²) in [6, 6.07) is 14.8. The number of amides is 2. The highest BCUT2D eigenvalue weighted by Gasteiger charge is 2.25. The predicted octanol–water partition coefficient (Wildman–Crippen LogP) is 2.87. The Morgan fingerprint density at radius 1 is 1.00 bits per heavy atom. The minimum atomic E-state index is -1.15. The van der Waals surface area contributed by atoms with Gasteiger partial charge in [0.25, 0.3) is 0 Å². The van der Waals surface area contributed by atoms with Crippen LogP contribution in [0.3, 0.4) is 0 Å². The van der Waals surface area contributed by atoms with Crippen molar-refractivity contribution in [3.8, 4) is 0 Å². The van der Waals surface area contributed by atoms with Crippen molar-refractivity contribution in [2.45, 2.75) is 12.5 Å². The largest absolute Gasteiger partial charge is 0.465 e. The van der Waals surface area contributed by atoms with E-state index in [9.17, 15) is 14.0 Å². The summed E-state index contributed by atoms with van der Waals surface area (Å²) >= 11 is 0. The molecule has 7 heteroatoms. The Morgan fingerprint density at radius 2 is 1.63 bits per heavy atom. The summed E-state index contributed by atoms with van der Waals surface area (Å²) in [6.45, 7) is 2.40. The van der Waals surface area contributed by atoms with Crippen LogP contribution in [0.1, 0.15) is 18.0 Å². The highest BCUT2D eigenvalue weighted by molar-refractivity contribution is 5.78. The number of carbonyl (C=O) groups is 2. The maximum absolute atomic E-state index is 13.1. The van der Waals surface area contributed by atoms with Gasteiger partial charge in [-0.15, -0.1) is 0 Å². The maximum Gasteiger partial charge on any atom is 0.405 e. The second-order valence-electron chi connectivity index (χ2n) is 6.46. The zero-order valence-corrected chi connectivity index (χ0v) is 14.8. The van der Waals surface area contributed by atoms with Crippen LogP contribution in [-0.4, -0.2) is 48.2 Å². The van der Waals surface area contributed by atoms with Crippen LogP contribution in [0.25, 0.3) is 0 Å². The smallest absolute Gasteiger partial charge is 0.405 e. The molecule has 1 saturated heterocycles. The first kappa shape index (κ1) is 18.7. The van der Waals surface area contributed by atoms with Gasteiger partial charge in [-0.25, -0.2) is 9.18 Å². The van der Waals surface area contributed by atoms with Gasteiger partial charge in [-0.1, -0.05) is 30.3 Å². The average Bonchev–Trinajstić information content (AvgIpc) is 2.68. The quantitative estimate of drug-likeness (QED) is 0.848. The van der Waals surface area contributed by atoms with Crippen molar-refractivity contribution in [3.05, 3.63) is 66.0 Å². The van der Waals surface area contributed by atoms with Gasteiger partial charge in [0, 0.05) is 31.9 Å². The van der Waals surface area contributed by atoms with Crippen LogP contribution in [0.5, 0.6) is 0 Å². The molecule has 0 radical (unpaired) electrons. The molecule has 2 N–H and O–H groups in total. The first-order valence-electron chi connectivity index (χ1n) is 8.85. The zero-order chi connectivity index (χ0) is 19.2. The lowest BCUT2D eigenvalue weighted by molar-refractivity contribution is -0.132. The van der Waals surface area contributed by atoms with Gasteiger partial charge < -0.3 is 20.2 Å². The lowest BCUT2D eigenvalue weighted by atomic mass is 10.0. The number of anilines is 1. The fourth-order valence-corrected chi connectivity index (χ4v) is 3.26. The summed E-state index contributed by atoms with van der Waals surface area (Å²) in [5.41, 5.74) is 1.69. The number of carboxylic acid groups (broad SMARTS) is 1. The van der Waals surface area contributed by atoms with Gasteiger partial charge in [-0.3, -0.25) is 4.79 Å². The Balaban J connectivity index is 1.59. The number of rotatable bonds is 5. The number of halogens is 1. The van der Waals surface area contributed by atoms with E-state index < -0.39 is 12.1 Å². The first-order valence-corrected chi connectivity index (χ1v) is 8.85. The van der Waals surface area contributed by atoms with E-state index in [1.54, 1.807) is 29.2 Å². The number of hydrogen-bond donors (Lipinski definition) is 2. The molecule has 2 amide bonds. The van der Waals surface area contributed by atoms with Crippen molar-refractivity contribution in [2.24, 2.45) is 0 Å². The molecule has 0 aromatic heterocycles. The minimum Gasteiger partial charge on any atom is -0.465 e. The highest BCUT2D eigenvalue weighted by atomic mass is 19.1. The predicted molar refractivity (Wildman–Crippen MR) is 100 cm³/mol. The fourth-order valence-electron chi connectivity index (χ4n) is 3.26. The standard InChI is InChI=1S/C20H22FN3O3/c21-16-6-8-17(9-7-16)23-10-12-24(13-11-23)19(25)14-18(22-20(26)27)15-4-2-1-3-5-15/h1-9,18,22H,10-14H2,(H,26,27). The summed E-state index contributed by atoms with van der Waals surface area (Å²) in [5.74, 6) is -0.359. The molecular weight excluding hydrogens is 349 g/mol. The Kier molecular flexibility index (Phi) is 5.90. The summed E-state index contributed by atoms with van der Waals surface area (Å²) in [7, 11) is 0. The van der Waals surface area contributed by atoms with E-state index in [4.69, 9.17) is 5.11 Å². The number of piperazine rings is 1. The van der Waals surface area contributed by atoms with Crippen molar-refractivity contribution in [1.82, 2.24) is 10.2 Å². The third kappa shape index (κ3) is 4.97. The Bertz CT molecular complexity index is 775. The molecule has 1 aliphatic rings. The van der Waals surface area contributed by atoms with Gasteiger partial charge in [0.2, 0.25) is 5.91 Å². The number of carbonyl (C=O) groups excluding carboxylic acids is 1. The van der Waals surface area contributed by atoms with Crippen LogP contribution in [0.4, 0.5) is 14.9 Å². The third-order valence-electron chi connectivity index (χ3n) is 4.70. The molecule has 1 atom stereocenters. The van der Waals surface area contributed by atoms with E-state index in [0.29, 0.717) is 26.2 Å². The van der Waals surface area contributed by atoms with Crippen molar-refractivity contribution in [3.63, 3.8) is 0 Å². The van der Waals surface area contributed by atoms with Crippen LogP contribution in [-0.2, 0) is 4.79 Å². The van der Waals surface area contributed by atoms with Gasteiger partial charge in [-0.05, 0) is 29.8 Å². The van der Waals surface area contributed by atoms with E-state index in [1.807, 2.05) is 18.2 Å². The van der Waals surface area contributed by atoms with Crippen LogP contribution in [0, 0.1) is 5.82 Å². The second-order valence-corrected chi connectivity index (χ2v) is 6.46. The fraction of sp³-hybridized carbons (Fsp3) is 0.300. The Morgan fingerprint density at radius 3 is 2.22 bits per heavy atom. The minimum absolute atomic E-state index is 0.0763.